The van der Waals surface area contributed by atoms with Crippen LogP contribution in [-0.4, -0.2) is 33.5 Å². The Bertz CT molecular complexity index is 1170. The quantitative estimate of drug-likeness (QED) is 0.375. The summed E-state index contributed by atoms with van der Waals surface area (Å²) in [5.41, 5.74) is 2.61. The van der Waals surface area contributed by atoms with Gasteiger partial charge in [-0.15, -0.1) is 22.7 Å². The number of pyridine rings is 1. The normalized spacial score (nSPS) is 16.0. The van der Waals surface area contributed by atoms with Gasteiger partial charge >= 0.3 is 0 Å². The molecular weight excluding hydrogens is 422 g/mol. The molecule has 1 aliphatic heterocycles. The minimum Gasteiger partial charge on any atom is -0.350 e. The van der Waals surface area contributed by atoms with Crippen molar-refractivity contribution >= 4 is 54.5 Å². The maximum absolute atomic E-state index is 14.4. The van der Waals surface area contributed by atoms with E-state index in [-0.39, 0.29) is 11.2 Å². The third-order valence-electron chi connectivity index (χ3n) is 5.60. The minimum absolute atomic E-state index is 0.180. The van der Waals surface area contributed by atoms with Gasteiger partial charge in [0.15, 0.2) is 11.6 Å². The van der Waals surface area contributed by atoms with Gasteiger partial charge in [-0.1, -0.05) is 6.92 Å². The Morgan fingerprint density at radius 3 is 2.73 bits per heavy atom. The Labute approximate surface area is 182 Å². The van der Waals surface area contributed by atoms with E-state index in [1.54, 1.807) is 12.3 Å². The van der Waals surface area contributed by atoms with E-state index >= 15 is 0 Å². The van der Waals surface area contributed by atoms with Crippen LogP contribution in [0.3, 0.4) is 0 Å². The number of nitrogens with one attached hydrogen (secondary N) is 1. The molecular formula is C22H24F2N4S2. The molecule has 0 aliphatic carbocycles. The number of likely N-dealkylation sites (tertiary alicyclic amines) is 1. The maximum atomic E-state index is 14.4. The van der Waals surface area contributed by atoms with Gasteiger partial charge in [0.2, 0.25) is 0 Å². The van der Waals surface area contributed by atoms with Crippen LogP contribution in [-0.2, 0) is 0 Å². The van der Waals surface area contributed by atoms with Gasteiger partial charge in [-0.25, -0.2) is 18.7 Å². The van der Waals surface area contributed by atoms with Gasteiger partial charge in [-0.3, -0.25) is 4.90 Å². The molecule has 4 aromatic rings. The summed E-state index contributed by atoms with van der Waals surface area (Å²) in [6.45, 7) is 9.44. The Morgan fingerprint density at radius 1 is 1.20 bits per heavy atom. The topological polar surface area (TPSA) is 41.1 Å². The number of halogens is 2. The molecule has 1 saturated heterocycles. The number of thiophene rings is 1. The van der Waals surface area contributed by atoms with E-state index < -0.39 is 11.6 Å². The zero-order valence-corrected chi connectivity index (χ0v) is 18.8. The standard InChI is InChI=1S/C14H7F2N3S2.C8H17N/c15-8-5-10-13(18-6-21-10)11(16)12(8)19-9-1-3-17-14-7(9)2-4-20-14;1-4-9-7-5-6-8(9,2)3/h1-6H,(H,17,19);4-7H2,1-3H3. The number of fused-ring (bicyclic) bond motifs is 2. The first kappa shape index (κ1) is 21.1. The number of hydrogen-bond donors (Lipinski definition) is 1. The molecule has 1 aliphatic rings. The van der Waals surface area contributed by atoms with Gasteiger partial charge in [-0.05, 0) is 63.4 Å². The third-order valence-corrected chi connectivity index (χ3v) is 7.20. The van der Waals surface area contributed by atoms with Crippen LogP contribution in [0.25, 0.3) is 20.4 Å². The molecule has 4 nitrogen and oxygen atoms in total. The van der Waals surface area contributed by atoms with Gasteiger partial charge in [0, 0.05) is 17.1 Å². The first-order chi connectivity index (χ1) is 14.4. The van der Waals surface area contributed by atoms with Crippen molar-refractivity contribution in [1.29, 1.82) is 0 Å². The van der Waals surface area contributed by atoms with Crippen LogP contribution < -0.4 is 5.32 Å². The molecule has 0 amide bonds. The molecule has 4 heterocycles. The lowest BCUT2D eigenvalue weighted by molar-refractivity contribution is 0.185. The van der Waals surface area contributed by atoms with Gasteiger partial charge in [0.25, 0.3) is 0 Å². The SMILES string of the molecule is CCN1CCCC1(C)C.Fc1cc2scnc2c(F)c1Nc1ccnc2sccc12. The Kier molecular flexibility index (Phi) is 5.99. The van der Waals surface area contributed by atoms with Crippen LogP contribution in [0.5, 0.6) is 0 Å². The summed E-state index contributed by atoms with van der Waals surface area (Å²) >= 11 is 2.68. The number of benzene rings is 1. The highest BCUT2D eigenvalue weighted by molar-refractivity contribution is 7.17. The fourth-order valence-corrected chi connectivity index (χ4v) is 5.37. The summed E-state index contributed by atoms with van der Waals surface area (Å²) in [6.07, 6.45) is 4.38. The molecule has 1 N–H and O–H groups in total. The fraction of sp³-hybridized carbons (Fsp3) is 0.364. The molecule has 0 spiro atoms. The van der Waals surface area contributed by atoms with E-state index in [1.165, 1.54) is 60.2 Å². The molecule has 158 valence electrons. The molecule has 0 bridgehead atoms. The molecule has 0 saturated carbocycles. The molecule has 1 fully saturated rings. The second-order valence-corrected chi connectivity index (χ2v) is 9.65. The lowest BCUT2D eigenvalue weighted by atomic mass is 10.0. The highest BCUT2D eigenvalue weighted by Crippen LogP contribution is 2.34. The molecule has 0 radical (unpaired) electrons. The molecule has 8 heteroatoms. The first-order valence-corrected chi connectivity index (χ1v) is 11.7. The monoisotopic (exact) mass is 446 g/mol. The van der Waals surface area contributed by atoms with Crippen molar-refractivity contribution in [3.63, 3.8) is 0 Å². The van der Waals surface area contributed by atoms with E-state index in [2.05, 4.69) is 41.0 Å². The highest BCUT2D eigenvalue weighted by Gasteiger charge is 2.29. The predicted molar refractivity (Wildman–Crippen MR) is 123 cm³/mol. The number of nitrogens with zero attached hydrogens (tertiary/aromatic N) is 3. The third kappa shape index (κ3) is 4.04. The first-order valence-electron chi connectivity index (χ1n) is 9.96. The summed E-state index contributed by atoms with van der Waals surface area (Å²) in [5.74, 6) is -1.31. The summed E-state index contributed by atoms with van der Waals surface area (Å²) < 4.78 is 29.0. The lowest BCUT2D eigenvalue weighted by Crippen LogP contribution is -2.37. The average molecular weight is 447 g/mol. The van der Waals surface area contributed by atoms with Crippen LogP contribution >= 0.6 is 22.7 Å². The van der Waals surface area contributed by atoms with Gasteiger partial charge in [-0.2, -0.15) is 0 Å². The molecule has 0 unspecified atom stereocenters. The van der Waals surface area contributed by atoms with Gasteiger partial charge in [0.1, 0.15) is 16.0 Å². The number of thiazole rings is 1. The van der Waals surface area contributed by atoms with E-state index in [0.29, 0.717) is 15.9 Å². The zero-order chi connectivity index (χ0) is 21.3. The van der Waals surface area contributed by atoms with E-state index in [0.717, 1.165) is 10.2 Å². The Hall–Kier alpha value is -2.16. The van der Waals surface area contributed by atoms with Crippen molar-refractivity contribution in [2.24, 2.45) is 0 Å². The van der Waals surface area contributed by atoms with Gasteiger partial charge in [0.05, 0.1) is 15.9 Å². The second-order valence-electron chi connectivity index (χ2n) is 7.87. The van der Waals surface area contributed by atoms with E-state index in [4.69, 9.17) is 0 Å². The highest BCUT2D eigenvalue weighted by atomic mass is 32.1. The van der Waals surface area contributed by atoms with Crippen LogP contribution in [0.2, 0.25) is 0 Å². The van der Waals surface area contributed by atoms with Crippen molar-refractivity contribution in [2.45, 2.75) is 39.2 Å². The Balaban J connectivity index is 0.000000204. The maximum Gasteiger partial charge on any atom is 0.176 e. The van der Waals surface area contributed by atoms with Crippen LogP contribution in [0.1, 0.15) is 33.6 Å². The number of aromatic nitrogens is 2. The molecule has 1 aromatic carbocycles. The van der Waals surface area contributed by atoms with Crippen molar-refractivity contribution in [2.75, 3.05) is 18.4 Å². The average Bonchev–Trinajstić information content (AvgIpc) is 3.44. The smallest absolute Gasteiger partial charge is 0.176 e. The summed E-state index contributed by atoms with van der Waals surface area (Å²) in [6, 6.07) is 4.86. The van der Waals surface area contributed by atoms with Crippen LogP contribution in [0.15, 0.2) is 35.3 Å². The summed E-state index contributed by atoms with van der Waals surface area (Å²) in [5, 5.41) is 5.55. The Morgan fingerprint density at radius 2 is 2.03 bits per heavy atom. The summed E-state index contributed by atoms with van der Waals surface area (Å²) in [4.78, 5) is 11.5. The van der Waals surface area contributed by atoms with Crippen LogP contribution in [0, 0.1) is 11.6 Å². The van der Waals surface area contributed by atoms with Crippen molar-refractivity contribution < 1.29 is 8.78 Å². The fourth-order valence-electron chi connectivity index (χ4n) is 3.92. The lowest BCUT2D eigenvalue weighted by Gasteiger charge is -2.29. The molecule has 5 rings (SSSR count). The largest absolute Gasteiger partial charge is 0.350 e. The zero-order valence-electron chi connectivity index (χ0n) is 17.2. The molecule has 30 heavy (non-hydrogen) atoms. The van der Waals surface area contributed by atoms with E-state index in [1.807, 2.05) is 11.4 Å². The minimum atomic E-state index is -0.675. The van der Waals surface area contributed by atoms with Crippen molar-refractivity contribution in [1.82, 2.24) is 14.9 Å². The second kappa shape index (κ2) is 8.53. The van der Waals surface area contributed by atoms with Crippen molar-refractivity contribution in [3.05, 3.63) is 46.9 Å². The number of rotatable bonds is 3. The number of hydrogen-bond acceptors (Lipinski definition) is 6. The summed E-state index contributed by atoms with van der Waals surface area (Å²) in [7, 11) is 0. The number of anilines is 2. The van der Waals surface area contributed by atoms with Crippen molar-refractivity contribution in [3.8, 4) is 0 Å². The van der Waals surface area contributed by atoms with Crippen LogP contribution in [0.4, 0.5) is 20.2 Å². The molecule has 0 atom stereocenters. The van der Waals surface area contributed by atoms with Gasteiger partial charge < -0.3 is 5.32 Å². The molecule has 3 aromatic heterocycles. The predicted octanol–water partition coefficient (Wildman–Crippen LogP) is 6.81. The van der Waals surface area contributed by atoms with E-state index in [9.17, 15) is 8.78 Å².